The van der Waals surface area contributed by atoms with Crippen molar-refractivity contribution in [3.05, 3.63) is 35.5 Å². The second-order valence-electron chi connectivity index (χ2n) is 7.46. The molecule has 0 bridgehead atoms. The molecule has 144 valence electrons. The monoisotopic (exact) mass is 365 g/mol. The molecule has 3 rings (SSSR count). The standard InChI is InChI=1S/C23H31N3O/c1-4-7-9-14-20-23-18(17-12-10-11-13-19(17)25-23)16-21(24-15-8-5-2)26(20)22(27)6-3/h3,10-13,20-21,24-25H,4-5,7-9,14-16H2,1-2H3/t20?,21-/m1/s1. The van der Waals surface area contributed by atoms with Gasteiger partial charge in [0.05, 0.1) is 12.2 Å². The number of carbonyl (C=O) groups excluding carboxylic acids is 1. The molecule has 1 aliphatic rings. The van der Waals surface area contributed by atoms with Crippen molar-refractivity contribution < 1.29 is 4.79 Å². The number of hydrogen-bond donors (Lipinski definition) is 2. The van der Waals surface area contributed by atoms with E-state index < -0.39 is 0 Å². The number of amides is 1. The zero-order valence-electron chi connectivity index (χ0n) is 16.6. The second kappa shape index (κ2) is 9.10. The lowest BCUT2D eigenvalue weighted by Gasteiger charge is -2.41. The Hall–Kier alpha value is -2.25. The van der Waals surface area contributed by atoms with E-state index in [0.29, 0.717) is 0 Å². The average molecular weight is 366 g/mol. The average Bonchev–Trinajstić information content (AvgIpc) is 3.06. The van der Waals surface area contributed by atoms with Crippen molar-refractivity contribution in [3.63, 3.8) is 0 Å². The molecule has 0 fully saturated rings. The largest absolute Gasteiger partial charge is 0.356 e. The molecular weight excluding hydrogens is 334 g/mol. The Kier molecular flexibility index (Phi) is 6.58. The Labute approximate surface area is 162 Å². The molecule has 2 aromatic rings. The fourth-order valence-corrected chi connectivity index (χ4v) is 4.22. The Morgan fingerprint density at radius 2 is 2.04 bits per heavy atom. The van der Waals surface area contributed by atoms with Gasteiger partial charge in [0.1, 0.15) is 0 Å². The molecule has 0 spiro atoms. The molecule has 2 heterocycles. The third-order valence-corrected chi connectivity index (χ3v) is 5.60. The summed E-state index contributed by atoms with van der Waals surface area (Å²) in [5.74, 6) is 2.16. The van der Waals surface area contributed by atoms with Crippen molar-refractivity contribution in [1.82, 2.24) is 15.2 Å². The number of nitrogens with one attached hydrogen (secondary N) is 2. The van der Waals surface area contributed by atoms with Crippen LogP contribution in [0.3, 0.4) is 0 Å². The molecule has 2 atom stereocenters. The molecule has 1 amide bonds. The minimum Gasteiger partial charge on any atom is -0.356 e. The number of para-hydroxylation sites is 1. The van der Waals surface area contributed by atoms with Gasteiger partial charge in [-0.2, -0.15) is 0 Å². The van der Waals surface area contributed by atoms with Gasteiger partial charge in [-0.25, -0.2) is 0 Å². The van der Waals surface area contributed by atoms with Crippen LogP contribution in [0.15, 0.2) is 24.3 Å². The van der Waals surface area contributed by atoms with E-state index in [1.54, 1.807) is 0 Å². The summed E-state index contributed by atoms with van der Waals surface area (Å²) in [4.78, 5) is 18.2. The Morgan fingerprint density at radius 3 is 2.78 bits per heavy atom. The van der Waals surface area contributed by atoms with Crippen molar-refractivity contribution in [1.29, 1.82) is 0 Å². The zero-order chi connectivity index (χ0) is 19.2. The number of H-pyrrole nitrogens is 1. The molecule has 1 aromatic heterocycles. The summed E-state index contributed by atoms with van der Waals surface area (Å²) in [7, 11) is 0. The van der Waals surface area contributed by atoms with Crippen LogP contribution in [0.2, 0.25) is 0 Å². The van der Waals surface area contributed by atoms with Crippen LogP contribution in [0.1, 0.15) is 69.7 Å². The predicted octanol–water partition coefficient (Wildman–Crippen LogP) is 4.52. The van der Waals surface area contributed by atoms with Crippen molar-refractivity contribution in [3.8, 4) is 12.3 Å². The van der Waals surface area contributed by atoms with Crippen LogP contribution in [-0.2, 0) is 11.2 Å². The van der Waals surface area contributed by atoms with Gasteiger partial charge in [0, 0.05) is 23.0 Å². The van der Waals surface area contributed by atoms with Gasteiger partial charge in [0.15, 0.2) is 0 Å². The summed E-state index contributed by atoms with van der Waals surface area (Å²) < 4.78 is 0. The first kappa shape index (κ1) is 19.5. The Morgan fingerprint density at radius 1 is 1.26 bits per heavy atom. The van der Waals surface area contributed by atoms with Crippen LogP contribution in [0.5, 0.6) is 0 Å². The summed E-state index contributed by atoms with van der Waals surface area (Å²) in [5.41, 5.74) is 3.65. The molecule has 2 N–H and O–H groups in total. The van der Waals surface area contributed by atoms with Crippen LogP contribution < -0.4 is 5.32 Å². The predicted molar refractivity (Wildman–Crippen MR) is 111 cm³/mol. The van der Waals surface area contributed by atoms with Crippen LogP contribution in [0, 0.1) is 12.3 Å². The molecule has 0 aliphatic carbocycles. The van der Waals surface area contributed by atoms with Gasteiger partial charge >= 0.3 is 0 Å². The number of carbonyl (C=O) groups is 1. The maximum absolute atomic E-state index is 12.7. The lowest BCUT2D eigenvalue weighted by molar-refractivity contribution is -0.132. The van der Waals surface area contributed by atoms with Gasteiger partial charge < -0.3 is 9.88 Å². The number of terminal acetylenes is 1. The minimum absolute atomic E-state index is 0.00961. The van der Waals surface area contributed by atoms with E-state index in [-0.39, 0.29) is 18.1 Å². The molecule has 4 heteroatoms. The van der Waals surface area contributed by atoms with Gasteiger partial charge in [0.25, 0.3) is 5.91 Å². The molecule has 27 heavy (non-hydrogen) atoms. The molecular formula is C23H31N3O. The van der Waals surface area contributed by atoms with Crippen LogP contribution >= 0.6 is 0 Å². The summed E-state index contributed by atoms with van der Waals surface area (Å²) in [6.07, 6.45) is 12.9. The molecule has 0 saturated heterocycles. The maximum atomic E-state index is 12.7. The van der Waals surface area contributed by atoms with Crippen LogP contribution in [0.4, 0.5) is 0 Å². The SMILES string of the molecule is C#CC(=O)N1C(CCCCC)c2[nH]c3ccccc3c2C[C@@H]1NCCCC. The van der Waals surface area contributed by atoms with Crippen molar-refractivity contribution in [2.75, 3.05) is 6.54 Å². The highest BCUT2D eigenvalue weighted by molar-refractivity contribution is 5.94. The van der Waals surface area contributed by atoms with Gasteiger partial charge in [-0.1, -0.05) is 57.7 Å². The maximum Gasteiger partial charge on any atom is 0.300 e. The summed E-state index contributed by atoms with van der Waals surface area (Å²) in [6.45, 7) is 5.28. The summed E-state index contributed by atoms with van der Waals surface area (Å²) in [5, 5.41) is 4.87. The zero-order valence-corrected chi connectivity index (χ0v) is 16.6. The molecule has 0 radical (unpaired) electrons. The quantitative estimate of drug-likeness (QED) is 0.534. The van der Waals surface area contributed by atoms with Gasteiger partial charge in [-0.05, 0) is 36.9 Å². The number of unbranched alkanes of at least 4 members (excludes halogenated alkanes) is 3. The number of hydrogen-bond acceptors (Lipinski definition) is 2. The molecule has 1 unspecified atom stereocenters. The van der Waals surface area contributed by atoms with E-state index in [1.807, 2.05) is 4.90 Å². The van der Waals surface area contributed by atoms with E-state index in [4.69, 9.17) is 6.42 Å². The lowest BCUT2D eigenvalue weighted by atomic mass is 9.91. The Balaban J connectivity index is 2.01. The first-order valence-electron chi connectivity index (χ1n) is 10.3. The molecule has 0 saturated carbocycles. The first-order valence-corrected chi connectivity index (χ1v) is 10.3. The summed E-state index contributed by atoms with van der Waals surface area (Å²) >= 11 is 0. The Bertz CT molecular complexity index is 817. The fraction of sp³-hybridized carbons (Fsp3) is 0.522. The van der Waals surface area contributed by atoms with E-state index >= 15 is 0 Å². The van der Waals surface area contributed by atoms with Crippen LogP contribution in [-0.4, -0.2) is 28.5 Å². The smallest absolute Gasteiger partial charge is 0.300 e. The minimum atomic E-state index is -0.213. The normalized spacial score (nSPS) is 19.1. The number of aromatic amines is 1. The molecule has 1 aliphatic heterocycles. The van der Waals surface area contributed by atoms with Gasteiger partial charge in [0.2, 0.25) is 0 Å². The topological polar surface area (TPSA) is 48.1 Å². The number of rotatable bonds is 8. The number of nitrogens with zero attached hydrogens (tertiary/aromatic N) is 1. The molecule has 4 nitrogen and oxygen atoms in total. The third kappa shape index (κ3) is 4.04. The van der Waals surface area contributed by atoms with Crippen molar-refractivity contribution in [2.24, 2.45) is 0 Å². The number of fused-ring (bicyclic) bond motifs is 3. The van der Waals surface area contributed by atoms with Crippen molar-refractivity contribution in [2.45, 2.75) is 71.0 Å². The van der Waals surface area contributed by atoms with Crippen LogP contribution in [0.25, 0.3) is 10.9 Å². The highest BCUT2D eigenvalue weighted by Crippen LogP contribution is 2.39. The van der Waals surface area contributed by atoms with E-state index in [0.717, 1.165) is 57.0 Å². The lowest BCUT2D eigenvalue weighted by Crippen LogP contribution is -2.54. The van der Waals surface area contributed by atoms with E-state index in [2.05, 4.69) is 54.3 Å². The number of aromatic nitrogens is 1. The van der Waals surface area contributed by atoms with Gasteiger partial charge in [-0.3, -0.25) is 10.1 Å². The fourth-order valence-electron chi connectivity index (χ4n) is 4.22. The first-order chi connectivity index (χ1) is 13.2. The molecule has 1 aromatic carbocycles. The second-order valence-corrected chi connectivity index (χ2v) is 7.46. The highest BCUT2D eigenvalue weighted by Gasteiger charge is 2.38. The number of benzene rings is 1. The third-order valence-electron chi connectivity index (χ3n) is 5.60. The summed E-state index contributed by atoms with van der Waals surface area (Å²) in [6, 6.07) is 8.44. The van der Waals surface area contributed by atoms with Gasteiger partial charge in [-0.15, -0.1) is 6.42 Å². The highest BCUT2D eigenvalue weighted by atomic mass is 16.2. The van der Waals surface area contributed by atoms with E-state index in [9.17, 15) is 4.79 Å². The van der Waals surface area contributed by atoms with E-state index in [1.165, 1.54) is 16.6 Å². The van der Waals surface area contributed by atoms with Crippen molar-refractivity contribution >= 4 is 16.8 Å².